The number of benzene rings is 1. The minimum atomic E-state index is 0.822. The van der Waals surface area contributed by atoms with E-state index in [-0.39, 0.29) is 0 Å². The van der Waals surface area contributed by atoms with E-state index in [4.69, 9.17) is 0 Å². The first-order valence-corrected chi connectivity index (χ1v) is 7.82. The van der Waals surface area contributed by atoms with Crippen molar-refractivity contribution in [1.82, 2.24) is 19.7 Å². The summed E-state index contributed by atoms with van der Waals surface area (Å²) in [6, 6.07) is 12.4. The van der Waals surface area contributed by atoms with Crippen LogP contribution >= 0.6 is 0 Å². The molecule has 3 aromatic rings. The average Bonchev–Trinajstić information content (AvgIpc) is 3.09. The second-order valence-corrected chi connectivity index (χ2v) is 5.65. The number of aryl methyl sites for hydroxylation is 1. The Morgan fingerprint density at radius 2 is 2.00 bits per heavy atom. The lowest BCUT2D eigenvalue weighted by Crippen LogP contribution is -2.23. The summed E-state index contributed by atoms with van der Waals surface area (Å²) in [5.41, 5.74) is 4.41. The molecular formula is C19H17N5. The van der Waals surface area contributed by atoms with Gasteiger partial charge < -0.3 is 9.47 Å². The Bertz CT molecular complexity index is 908. The molecule has 0 saturated carbocycles. The van der Waals surface area contributed by atoms with E-state index in [9.17, 15) is 0 Å². The summed E-state index contributed by atoms with van der Waals surface area (Å²) < 4.78 is 1.92. The van der Waals surface area contributed by atoms with Crippen molar-refractivity contribution in [3.8, 4) is 11.4 Å². The number of aromatic nitrogens is 4. The zero-order chi connectivity index (χ0) is 16.4. The van der Waals surface area contributed by atoms with E-state index in [1.54, 1.807) is 12.5 Å². The molecule has 0 fully saturated rings. The van der Waals surface area contributed by atoms with Crippen molar-refractivity contribution in [1.29, 1.82) is 0 Å². The number of nitrogens with zero attached hydrogens (tertiary/aromatic N) is 5. The summed E-state index contributed by atoms with van der Waals surface area (Å²) in [4.78, 5) is 6.52. The van der Waals surface area contributed by atoms with Gasteiger partial charge in [0.05, 0.1) is 5.70 Å². The summed E-state index contributed by atoms with van der Waals surface area (Å²) in [5, 5.41) is 8.18. The second kappa shape index (κ2) is 6.12. The normalized spacial score (nSPS) is 13.9. The van der Waals surface area contributed by atoms with Gasteiger partial charge in [0.25, 0.3) is 0 Å². The minimum Gasteiger partial charge on any atom is -0.337 e. The number of anilines is 1. The van der Waals surface area contributed by atoms with Crippen LogP contribution in [-0.4, -0.2) is 26.3 Å². The fourth-order valence-electron chi connectivity index (χ4n) is 2.88. The largest absolute Gasteiger partial charge is 0.337 e. The highest BCUT2D eigenvalue weighted by Gasteiger charge is 2.16. The number of pyridine rings is 1. The number of hydrogen-bond acceptors (Lipinski definition) is 4. The van der Waals surface area contributed by atoms with Gasteiger partial charge in [-0.2, -0.15) is 0 Å². The molecule has 0 aliphatic carbocycles. The van der Waals surface area contributed by atoms with Crippen molar-refractivity contribution in [3.63, 3.8) is 0 Å². The molecule has 0 saturated heterocycles. The van der Waals surface area contributed by atoms with Crippen molar-refractivity contribution in [2.24, 2.45) is 7.05 Å². The third-order valence-electron chi connectivity index (χ3n) is 4.05. The summed E-state index contributed by atoms with van der Waals surface area (Å²) >= 11 is 0. The van der Waals surface area contributed by atoms with Crippen LogP contribution in [0.4, 0.5) is 5.69 Å². The van der Waals surface area contributed by atoms with Gasteiger partial charge in [-0.15, -0.1) is 10.2 Å². The van der Waals surface area contributed by atoms with Crippen LogP contribution in [0.2, 0.25) is 0 Å². The van der Waals surface area contributed by atoms with Crippen molar-refractivity contribution in [3.05, 3.63) is 78.9 Å². The van der Waals surface area contributed by atoms with E-state index in [0.29, 0.717) is 0 Å². The standard InChI is InChI=1S/C19H17N5/c1-23-14-21-22-19(23)15-6-4-8-17(12-15)24-11-3-2-9-18(24)16-7-5-10-20-13-16/h2-10,12-14H,11H2,1H3. The quantitative estimate of drug-likeness (QED) is 0.744. The lowest BCUT2D eigenvalue weighted by Gasteiger charge is -2.28. The molecule has 3 heterocycles. The molecule has 0 atom stereocenters. The Hall–Kier alpha value is -3.21. The molecule has 5 heteroatoms. The minimum absolute atomic E-state index is 0.822. The fourth-order valence-corrected chi connectivity index (χ4v) is 2.88. The monoisotopic (exact) mass is 315 g/mol. The van der Waals surface area contributed by atoms with E-state index in [2.05, 4.69) is 68.6 Å². The van der Waals surface area contributed by atoms with Crippen LogP contribution < -0.4 is 4.90 Å². The summed E-state index contributed by atoms with van der Waals surface area (Å²) in [7, 11) is 1.95. The topological polar surface area (TPSA) is 46.8 Å². The molecule has 1 aliphatic rings. The Balaban J connectivity index is 1.74. The maximum absolute atomic E-state index is 4.24. The van der Waals surface area contributed by atoms with Gasteiger partial charge in [-0.1, -0.05) is 24.3 Å². The Labute approximate surface area is 140 Å². The zero-order valence-electron chi connectivity index (χ0n) is 13.4. The van der Waals surface area contributed by atoms with Crippen LogP contribution in [0.25, 0.3) is 17.1 Å². The molecule has 24 heavy (non-hydrogen) atoms. The molecule has 118 valence electrons. The first-order chi connectivity index (χ1) is 11.8. The predicted octanol–water partition coefficient (Wildman–Crippen LogP) is 3.29. The lowest BCUT2D eigenvalue weighted by molar-refractivity contribution is 0.919. The van der Waals surface area contributed by atoms with Gasteiger partial charge in [0, 0.05) is 42.8 Å². The SMILES string of the molecule is Cn1cnnc1-c1cccc(N2CC=CC=C2c2cccnc2)c1. The second-order valence-electron chi connectivity index (χ2n) is 5.65. The molecule has 1 aromatic carbocycles. The highest BCUT2D eigenvalue weighted by molar-refractivity contribution is 5.82. The predicted molar refractivity (Wildman–Crippen MR) is 95.1 cm³/mol. The third kappa shape index (κ3) is 2.60. The molecule has 0 unspecified atom stereocenters. The molecule has 2 aromatic heterocycles. The smallest absolute Gasteiger partial charge is 0.163 e. The van der Waals surface area contributed by atoms with Crippen molar-refractivity contribution in [2.45, 2.75) is 0 Å². The fraction of sp³-hybridized carbons (Fsp3) is 0.105. The van der Waals surface area contributed by atoms with Gasteiger partial charge in [0.15, 0.2) is 5.82 Å². The van der Waals surface area contributed by atoms with Crippen LogP contribution in [0.1, 0.15) is 5.56 Å². The van der Waals surface area contributed by atoms with Crippen LogP contribution in [-0.2, 0) is 7.05 Å². The molecular weight excluding hydrogens is 298 g/mol. The van der Waals surface area contributed by atoms with Gasteiger partial charge in [0.2, 0.25) is 0 Å². The number of allylic oxidation sites excluding steroid dienone is 2. The first kappa shape index (κ1) is 14.4. The summed E-state index contributed by atoms with van der Waals surface area (Å²) in [6.07, 6.45) is 11.8. The van der Waals surface area contributed by atoms with Crippen molar-refractivity contribution < 1.29 is 0 Å². The van der Waals surface area contributed by atoms with E-state index in [1.807, 2.05) is 23.9 Å². The molecule has 0 N–H and O–H groups in total. The van der Waals surface area contributed by atoms with E-state index < -0.39 is 0 Å². The first-order valence-electron chi connectivity index (χ1n) is 7.82. The van der Waals surface area contributed by atoms with E-state index >= 15 is 0 Å². The van der Waals surface area contributed by atoms with Crippen LogP contribution in [0.5, 0.6) is 0 Å². The molecule has 0 radical (unpaired) electrons. The molecule has 5 nitrogen and oxygen atoms in total. The van der Waals surface area contributed by atoms with Gasteiger partial charge >= 0.3 is 0 Å². The maximum Gasteiger partial charge on any atom is 0.163 e. The lowest BCUT2D eigenvalue weighted by atomic mass is 10.1. The Morgan fingerprint density at radius 1 is 1.08 bits per heavy atom. The summed E-state index contributed by atoms with van der Waals surface area (Å²) in [5.74, 6) is 0.858. The highest BCUT2D eigenvalue weighted by Crippen LogP contribution is 2.30. The third-order valence-corrected chi connectivity index (χ3v) is 4.05. The number of rotatable bonds is 3. The molecule has 4 rings (SSSR count). The van der Waals surface area contributed by atoms with Crippen LogP contribution in [0, 0.1) is 0 Å². The van der Waals surface area contributed by atoms with Gasteiger partial charge in [-0.05, 0) is 30.3 Å². The molecule has 0 amide bonds. The van der Waals surface area contributed by atoms with E-state index in [1.165, 1.54) is 0 Å². The number of hydrogen-bond donors (Lipinski definition) is 0. The summed E-state index contributed by atoms with van der Waals surface area (Å²) in [6.45, 7) is 0.822. The van der Waals surface area contributed by atoms with Gasteiger partial charge in [-0.25, -0.2) is 0 Å². The van der Waals surface area contributed by atoms with Crippen molar-refractivity contribution >= 4 is 11.4 Å². The molecule has 1 aliphatic heterocycles. The van der Waals surface area contributed by atoms with Gasteiger partial charge in [-0.3, -0.25) is 4.98 Å². The van der Waals surface area contributed by atoms with Crippen LogP contribution in [0.3, 0.4) is 0 Å². The maximum atomic E-state index is 4.24. The van der Waals surface area contributed by atoms with Crippen molar-refractivity contribution in [2.75, 3.05) is 11.4 Å². The molecule has 0 spiro atoms. The Kier molecular flexibility index (Phi) is 3.67. The average molecular weight is 315 g/mol. The highest BCUT2D eigenvalue weighted by atomic mass is 15.2. The van der Waals surface area contributed by atoms with Crippen LogP contribution in [0.15, 0.2) is 73.3 Å². The zero-order valence-corrected chi connectivity index (χ0v) is 13.4. The Morgan fingerprint density at radius 3 is 2.79 bits per heavy atom. The van der Waals surface area contributed by atoms with E-state index in [0.717, 1.165) is 34.9 Å². The molecule has 0 bridgehead atoms. The van der Waals surface area contributed by atoms with Gasteiger partial charge in [0.1, 0.15) is 6.33 Å².